The zero-order chi connectivity index (χ0) is 12.1. The van der Waals surface area contributed by atoms with E-state index in [4.69, 9.17) is 0 Å². The molecule has 1 atom stereocenters. The van der Waals surface area contributed by atoms with Gasteiger partial charge in [0.15, 0.2) is 0 Å². The Hall–Kier alpha value is -0.460. The molecule has 0 fully saturated rings. The van der Waals surface area contributed by atoms with Crippen LogP contribution < -0.4 is 5.32 Å². The maximum absolute atomic E-state index is 12.1. The van der Waals surface area contributed by atoms with E-state index in [1.165, 1.54) is 6.92 Å². The van der Waals surface area contributed by atoms with Crippen molar-refractivity contribution in [2.45, 2.75) is 32.1 Å². The lowest BCUT2D eigenvalue weighted by Gasteiger charge is -2.19. The summed E-state index contributed by atoms with van der Waals surface area (Å²) in [5.74, 6) is -1.58. The summed E-state index contributed by atoms with van der Waals surface area (Å²) in [6, 6.07) is 0. The van der Waals surface area contributed by atoms with Crippen molar-refractivity contribution in [3.63, 3.8) is 0 Å². The summed E-state index contributed by atoms with van der Waals surface area (Å²) in [5, 5.41) is 2.16. The van der Waals surface area contributed by atoms with Gasteiger partial charge in [-0.05, 0) is 6.42 Å². The summed E-state index contributed by atoms with van der Waals surface area (Å²) in [5.41, 5.74) is 0. The summed E-state index contributed by atoms with van der Waals surface area (Å²) in [6.45, 7) is 0.412. The summed E-state index contributed by atoms with van der Waals surface area (Å²) in [4.78, 5) is 0. The fourth-order valence-corrected chi connectivity index (χ4v) is 0.998. The van der Waals surface area contributed by atoms with Gasteiger partial charge in [-0.2, -0.15) is 26.3 Å². The molecule has 0 aliphatic carbocycles. The Morgan fingerprint density at radius 2 is 1.60 bits per heavy atom. The third kappa shape index (κ3) is 7.47. The molecule has 0 rings (SSSR count). The predicted molar refractivity (Wildman–Crippen MR) is 43.4 cm³/mol. The Morgan fingerprint density at radius 3 is 1.93 bits per heavy atom. The summed E-state index contributed by atoms with van der Waals surface area (Å²) in [6.07, 6.45) is -9.92. The number of rotatable bonds is 5. The predicted octanol–water partition coefficient (Wildman–Crippen LogP) is 3.12. The van der Waals surface area contributed by atoms with Crippen molar-refractivity contribution in [1.29, 1.82) is 0 Å². The molecule has 0 aromatic heterocycles. The Morgan fingerprint density at radius 1 is 1.07 bits per heavy atom. The lowest BCUT2D eigenvalue weighted by atomic mass is 10.1. The highest BCUT2D eigenvalue weighted by atomic mass is 19.4. The van der Waals surface area contributed by atoms with E-state index in [0.717, 1.165) is 0 Å². The minimum absolute atomic E-state index is 0.136. The highest BCUT2D eigenvalue weighted by Crippen LogP contribution is 2.28. The molecule has 0 spiro atoms. The Bertz CT molecular complexity index is 173. The summed E-state index contributed by atoms with van der Waals surface area (Å²) >= 11 is 0. The smallest absolute Gasteiger partial charge is 0.316 e. The van der Waals surface area contributed by atoms with Crippen LogP contribution in [-0.4, -0.2) is 25.4 Å². The number of hydrogen-bond acceptors (Lipinski definition) is 1. The molecule has 1 N–H and O–H groups in total. The Labute approximate surface area is 83.8 Å². The fraction of sp³-hybridized carbons (Fsp3) is 1.00. The average molecular weight is 237 g/mol. The van der Waals surface area contributed by atoms with Crippen molar-refractivity contribution < 1.29 is 26.3 Å². The molecule has 0 aromatic rings. The van der Waals surface area contributed by atoms with Crippen molar-refractivity contribution in [1.82, 2.24) is 5.32 Å². The molecule has 0 radical (unpaired) electrons. The van der Waals surface area contributed by atoms with Crippen LogP contribution in [0.1, 0.15) is 19.8 Å². The quantitative estimate of drug-likeness (QED) is 0.572. The summed E-state index contributed by atoms with van der Waals surface area (Å²) < 4.78 is 71.3. The van der Waals surface area contributed by atoms with Gasteiger partial charge in [0.25, 0.3) is 0 Å². The summed E-state index contributed by atoms with van der Waals surface area (Å²) in [7, 11) is 0. The normalized spacial score (nSPS) is 15.4. The second kappa shape index (κ2) is 5.58. The third-order valence-corrected chi connectivity index (χ3v) is 1.93. The van der Waals surface area contributed by atoms with Crippen LogP contribution in [0.5, 0.6) is 0 Å². The lowest BCUT2D eigenvalue weighted by molar-refractivity contribution is -0.174. The van der Waals surface area contributed by atoms with Gasteiger partial charge in [-0.3, -0.25) is 0 Å². The van der Waals surface area contributed by atoms with Gasteiger partial charge in [-0.1, -0.05) is 6.92 Å². The Kier molecular flexibility index (Phi) is 5.41. The van der Waals surface area contributed by atoms with Gasteiger partial charge in [0.05, 0.1) is 12.3 Å². The van der Waals surface area contributed by atoms with E-state index in [1.54, 1.807) is 0 Å². The van der Waals surface area contributed by atoms with Gasteiger partial charge in [0, 0.05) is 13.1 Å². The van der Waals surface area contributed by atoms with E-state index in [-0.39, 0.29) is 6.42 Å². The minimum Gasteiger partial charge on any atom is -0.316 e. The molecular weight excluding hydrogens is 224 g/mol. The van der Waals surface area contributed by atoms with Gasteiger partial charge in [-0.15, -0.1) is 0 Å². The topological polar surface area (TPSA) is 12.0 Å². The number of alkyl halides is 6. The maximum atomic E-state index is 12.1. The van der Waals surface area contributed by atoms with Crippen LogP contribution in [0.4, 0.5) is 26.3 Å². The molecule has 0 aliphatic heterocycles. The zero-order valence-electron chi connectivity index (χ0n) is 8.17. The fourth-order valence-electron chi connectivity index (χ4n) is 0.998. The van der Waals surface area contributed by atoms with Crippen molar-refractivity contribution in [3.8, 4) is 0 Å². The van der Waals surface area contributed by atoms with E-state index in [1.807, 2.05) is 0 Å². The van der Waals surface area contributed by atoms with E-state index in [9.17, 15) is 26.3 Å². The molecule has 0 amide bonds. The molecule has 15 heavy (non-hydrogen) atoms. The van der Waals surface area contributed by atoms with Gasteiger partial charge in [0.2, 0.25) is 0 Å². The van der Waals surface area contributed by atoms with Gasteiger partial charge < -0.3 is 5.32 Å². The highest BCUT2D eigenvalue weighted by molar-refractivity contribution is 4.69. The second-order valence-corrected chi connectivity index (χ2v) is 3.22. The van der Waals surface area contributed by atoms with Crippen LogP contribution in [0.25, 0.3) is 0 Å². The van der Waals surface area contributed by atoms with Gasteiger partial charge >= 0.3 is 12.4 Å². The standard InChI is InChI=1S/C8H13F6N/c1-2-6(8(12,13)14)5-15-4-3-7(9,10)11/h6,15H,2-5H2,1H3. The highest BCUT2D eigenvalue weighted by Gasteiger charge is 2.37. The lowest BCUT2D eigenvalue weighted by Crippen LogP contribution is -2.34. The molecule has 1 unspecified atom stereocenters. The largest absolute Gasteiger partial charge is 0.393 e. The van der Waals surface area contributed by atoms with Crippen molar-refractivity contribution in [2.24, 2.45) is 5.92 Å². The number of hydrogen-bond donors (Lipinski definition) is 1. The van der Waals surface area contributed by atoms with E-state index in [2.05, 4.69) is 5.32 Å². The molecule has 0 heterocycles. The first kappa shape index (κ1) is 14.5. The number of nitrogens with one attached hydrogen (secondary N) is 1. The molecule has 0 saturated heterocycles. The first-order valence-electron chi connectivity index (χ1n) is 4.51. The second-order valence-electron chi connectivity index (χ2n) is 3.22. The molecule has 1 nitrogen and oxygen atoms in total. The molecule has 92 valence electrons. The minimum atomic E-state index is -4.35. The van der Waals surface area contributed by atoms with Crippen molar-refractivity contribution in [2.75, 3.05) is 13.1 Å². The Balaban J connectivity index is 3.75. The van der Waals surface area contributed by atoms with Crippen LogP contribution >= 0.6 is 0 Å². The average Bonchev–Trinajstić information content (AvgIpc) is 1.99. The van der Waals surface area contributed by atoms with Crippen molar-refractivity contribution >= 4 is 0 Å². The molecule has 0 aliphatic rings. The van der Waals surface area contributed by atoms with E-state index in [0.29, 0.717) is 0 Å². The van der Waals surface area contributed by atoms with Gasteiger partial charge in [0.1, 0.15) is 0 Å². The van der Waals surface area contributed by atoms with E-state index >= 15 is 0 Å². The zero-order valence-corrected chi connectivity index (χ0v) is 8.17. The first-order chi connectivity index (χ1) is 6.67. The number of halogens is 6. The van der Waals surface area contributed by atoms with Crippen LogP contribution in [-0.2, 0) is 0 Å². The van der Waals surface area contributed by atoms with Crippen LogP contribution in [0.15, 0.2) is 0 Å². The van der Waals surface area contributed by atoms with Gasteiger partial charge in [-0.25, -0.2) is 0 Å². The van der Waals surface area contributed by atoms with E-state index < -0.39 is 37.8 Å². The monoisotopic (exact) mass is 237 g/mol. The SMILES string of the molecule is CCC(CNCCC(F)(F)F)C(F)(F)F. The maximum Gasteiger partial charge on any atom is 0.393 e. The molecule has 7 heteroatoms. The van der Waals surface area contributed by atoms with Crippen LogP contribution in [0, 0.1) is 5.92 Å². The van der Waals surface area contributed by atoms with Crippen molar-refractivity contribution in [3.05, 3.63) is 0 Å². The third-order valence-electron chi connectivity index (χ3n) is 1.93. The van der Waals surface area contributed by atoms with Crippen LogP contribution in [0.2, 0.25) is 0 Å². The molecule has 0 aromatic carbocycles. The first-order valence-corrected chi connectivity index (χ1v) is 4.51. The molecule has 0 bridgehead atoms. The molecule has 0 saturated carbocycles. The van der Waals surface area contributed by atoms with Crippen LogP contribution in [0.3, 0.4) is 0 Å². The molecular formula is C8H13F6N.